The van der Waals surface area contributed by atoms with Crippen molar-refractivity contribution >= 4 is 30.8 Å². The average Bonchev–Trinajstić information content (AvgIpc) is 2.18. The van der Waals surface area contributed by atoms with Crippen molar-refractivity contribution in [1.82, 2.24) is 0 Å². The Morgan fingerprint density at radius 2 is 1.79 bits per heavy atom. The molecule has 0 heterocycles. The zero-order valence-corrected chi connectivity index (χ0v) is 9.51. The van der Waals surface area contributed by atoms with Crippen molar-refractivity contribution in [3.05, 3.63) is 54.1 Å². The van der Waals surface area contributed by atoms with Crippen molar-refractivity contribution in [1.29, 1.82) is 0 Å². The number of rotatable bonds is 1. The van der Waals surface area contributed by atoms with E-state index in [1.807, 2.05) is 18.2 Å². The van der Waals surface area contributed by atoms with Gasteiger partial charge in [0.25, 0.3) is 0 Å². The highest BCUT2D eigenvalue weighted by Gasteiger charge is 2.26. The average molecular weight is 220 g/mol. The summed E-state index contributed by atoms with van der Waals surface area (Å²) in [6.07, 6.45) is 7.10. The molecule has 1 aliphatic rings. The summed E-state index contributed by atoms with van der Waals surface area (Å²) in [5, 5.41) is 0. The Hall–Kier alpha value is -0.600. The molecule has 0 N–H and O–H groups in total. The van der Waals surface area contributed by atoms with Crippen molar-refractivity contribution in [3.63, 3.8) is 0 Å². The summed E-state index contributed by atoms with van der Waals surface area (Å²) in [4.78, 5) is 0. The first-order chi connectivity index (χ1) is 6.70. The topological polar surface area (TPSA) is 0 Å². The molecule has 1 aliphatic carbocycles. The van der Waals surface area contributed by atoms with E-state index in [0.29, 0.717) is 0 Å². The van der Waals surface area contributed by atoms with Crippen LogP contribution >= 0.6 is 25.3 Å². The van der Waals surface area contributed by atoms with Crippen LogP contribution in [0.3, 0.4) is 0 Å². The van der Waals surface area contributed by atoms with Gasteiger partial charge in [0.15, 0.2) is 0 Å². The lowest BCUT2D eigenvalue weighted by Gasteiger charge is -2.27. The lowest BCUT2D eigenvalue weighted by atomic mass is 9.96. The molecule has 14 heavy (non-hydrogen) atoms. The molecule has 0 saturated carbocycles. The molecule has 0 saturated heterocycles. The molecule has 0 fully saturated rings. The predicted octanol–water partition coefficient (Wildman–Crippen LogP) is 3.59. The maximum Gasteiger partial charge on any atom is 0.0842 e. The van der Waals surface area contributed by atoms with Crippen LogP contribution in [0.15, 0.2) is 48.6 Å². The van der Waals surface area contributed by atoms with Gasteiger partial charge in [-0.3, -0.25) is 0 Å². The van der Waals surface area contributed by atoms with Gasteiger partial charge in [-0.2, -0.15) is 25.3 Å². The molecule has 1 aromatic rings. The summed E-state index contributed by atoms with van der Waals surface area (Å²) in [5.74, 6) is 0. The van der Waals surface area contributed by atoms with Crippen LogP contribution in [0, 0.1) is 0 Å². The van der Waals surface area contributed by atoms with Crippen LogP contribution in [0.1, 0.15) is 12.0 Å². The maximum absolute atomic E-state index is 4.57. The minimum atomic E-state index is -0.337. The van der Waals surface area contributed by atoms with Gasteiger partial charge in [0, 0.05) is 0 Å². The van der Waals surface area contributed by atoms with E-state index in [2.05, 4.69) is 55.6 Å². The third kappa shape index (κ3) is 1.91. The molecule has 0 bridgehead atoms. The third-order valence-electron chi connectivity index (χ3n) is 2.32. The van der Waals surface area contributed by atoms with Crippen molar-refractivity contribution in [2.45, 2.75) is 10.5 Å². The van der Waals surface area contributed by atoms with Gasteiger partial charge >= 0.3 is 0 Å². The Morgan fingerprint density at radius 3 is 2.43 bits per heavy atom. The molecule has 0 atom stereocenters. The first kappa shape index (κ1) is 9.94. The molecule has 0 aromatic heterocycles. The minimum Gasteiger partial charge on any atom is -0.157 e. The Kier molecular flexibility index (Phi) is 2.75. The van der Waals surface area contributed by atoms with Crippen molar-refractivity contribution in [3.8, 4) is 0 Å². The van der Waals surface area contributed by atoms with Crippen LogP contribution in [0.5, 0.6) is 0 Å². The van der Waals surface area contributed by atoms with Gasteiger partial charge in [-0.15, -0.1) is 0 Å². The molecule has 1 aromatic carbocycles. The van der Waals surface area contributed by atoms with E-state index in [9.17, 15) is 0 Å². The number of hydrogen-bond acceptors (Lipinski definition) is 2. The van der Waals surface area contributed by atoms with Gasteiger partial charge in [0.2, 0.25) is 0 Å². The molecule has 0 radical (unpaired) electrons. The molecule has 72 valence electrons. The first-order valence-electron chi connectivity index (χ1n) is 4.58. The largest absolute Gasteiger partial charge is 0.157 e. The monoisotopic (exact) mass is 220 g/mol. The molecule has 0 aliphatic heterocycles. The van der Waals surface area contributed by atoms with Gasteiger partial charge in [0.1, 0.15) is 0 Å². The molecule has 0 amide bonds. The van der Waals surface area contributed by atoms with E-state index in [-0.39, 0.29) is 4.08 Å². The van der Waals surface area contributed by atoms with Gasteiger partial charge in [-0.1, -0.05) is 48.6 Å². The summed E-state index contributed by atoms with van der Waals surface area (Å²) in [7, 11) is 0. The molecule has 0 unspecified atom stereocenters. The van der Waals surface area contributed by atoms with Crippen LogP contribution in [-0.2, 0) is 0 Å². The second-order valence-electron chi connectivity index (χ2n) is 3.40. The first-order valence-corrected chi connectivity index (χ1v) is 5.47. The third-order valence-corrected chi connectivity index (χ3v) is 3.16. The second kappa shape index (κ2) is 3.87. The molecule has 2 heteroatoms. The van der Waals surface area contributed by atoms with Gasteiger partial charge in [-0.05, 0) is 17.6 Å². The number of benzene rings is 1. The fourth-order valence-electron chi connectivity index (χ4n) is 1.59. The SMILES string of the molecule is SC1(S)CC=CC=C1c1ccccc1. The summed E-state index contributed by atoms with van der Waals surface area (Å²) in [6.45, 7) is 0. The van der Waals surface area contributed by atoms with Crippen molar-refractivity contribution in [2.75, 3.05) is 0 Å². The summed E-state index contributed by atoms with van der Waals surface area (Å²) >= 11 is 9.14. The quantitative estimate of drug-likeness (QED) is 0.524. The molecular weight excluding hydrogens is 208 g/mol. The highest BCUT2D eigenvalue weighted by Crippen LogP contribution is 2.41. The van der Waals surface area contributed by atoms with Crippen LogP contribution in [-0.4, -0.2) is 4.08 Å². The Balaban J connectivity index is 2.43. The molecule has 0 nitrogen and oxygen atoms in total. The highest BCUT2D eigenvalue weighted by atomic mass is 32.2. The predicted molar refractivity (Wildman–Crippen MR) is 68.9 cm³/mol. The Labute approximate surface area is 95.5 Å². The molecule has 0 spiro atoms. The van der Waals surface area contributed by atoms with Gasteiger partial charge in [-0.25, -0.2) is 0 Å². The fourth-order valence-corrected chi connectivity index (χ4v) is 2.20. The van der Waals surface area contributed by atoms with Gasteiger partial charge in [0.05, 0.1) is 4.08 Å². The number of hydrogen-bond donors (Lipinski definition) is 2. The fraction of sp³-hybridized carbons (Fsp3) is 0.167. The summed E-state index contributed by atoms with van der Waals surface area (Å²) in [6, 6.07) is 10.3. The van der Waals surface area contributed by atoms with E-state index in [1.54, 1.807) is 0 Å². The Bertz CT molecular complexity index is 375. The summed E-state index contributed by atoms with van der Waals surface area (Å²) in [5.41, 5.74) is 2.37. The molecule has 2 rings (SSSR count). The standard InChI is InChI=1S/C12H12S2/c13-12(14)9-5-4-8-11(12)10-6-2-1-3-7-10/h1-8,13-14H,9H2. The van der Waals surface area contributed by atoms with Crippen LogP contribution in [0.25, 0.3) is 5.57 Å². The normalized spacial score (nSPS) is 19.1. The van der Waals surface area contributed by atoms with Gasteiger partial charge < -0.3 is 0 Å². The maximum atomic E-state index is 4.57. The highest BCUT2D eigenvalue weighted by molar-refractivity contribution is 8.01. The number of thiol groups is 2. The zero-order valence-electron chi connectivity index (χ0n) is 7.72. The van der Waals surface area contributed by atoms with Crippen LogP contribution in [0.4, 0.5) is 0 Å². The molecular formula is C12H12S2. The van der Waals surface area contributed by atoms with Crippen molar-refractivity contribution < 1.29 is 0 Å². The van der Waals surface area contributed by atoms with Crippen molar-refractivity contribution in [2.24, 2.45) is 0 Å². The van der Waals surface area contributed by atoms with Crippen LogP contribution < -0.4 is 0 Å². The van der Waals surface area contributed by atoms with E-state index in [1.165, 1.54) is 11.1 Å². The zero-order chi connectivity index (χ0) is 10.0. The smallest absolute Gasteiger partial charge is 0.0842 e. The second-order valence-corrected chi connectivity index (χ2v) is 5.27. The van der Waals surface area contributed by atoms with E-state index >= 15 is 0 Å². The Morgan fingerprint density at radius 1 is 1.07 bits per heavy atom. The lowest BCUT2D eigenvalue weighted by Crippen LogP contribution is -2.16. The van der Waals surface area contributed by atoms with E-state index < -0.39 is 0 Å². The minimum absolute atomic E-state index is 0.337. The number of allylic oxidation sites excluding steroid dienone is 3. The van der Waals surface area contributed by atoms with E-state index in [0.717, 1.165) is 6.42 Å². The van der Waals surface area contributed by atoms with Crippen LogP contribution in [0.2, 0.25) is 0 Å². The summed E-state index contributed by atoms with van der Waals surface area (Å²) < 4.78 is -0.337. The lowest BCUT2D eigenvalue weighted by molar-refractivity contribution is 1.02. The van der Waals surface area contributed by atoms with E-state index in [4.69, 9.17) is 0 Å².